The van der Waals surface area contributed by atoms with Gasteiger partial charge in [-0.05, 0) is 45.7 Å². The van der Waals surface area contributed by atoms with E-state index in [1.807, 2.05) is 13.8 Å². The molecule has 0 aliphatic heterocycles. The lowest BCUT2D eigenvalue weighted by molar-refractivity contribution is 1.29. The van der Waals surface area contributed by atoms with Gasteiger partial charge in [-0.15, -0.1) is 0 Å². The van der Waals surface area contributed by atoms with E-state index in [0.29, 0.717) is 0 Å². The summed E-state index contributed by atoms with van der Waals surface area (Å²) in [6.07, 6.45) is 5.73. The summed E-state index contributed by atoms with van der Waals surface area (Å²) in [4.78, 5) is 0. The van der Waals surface area contributed by atoms with Crippen molar-refractivity contribution in [1.82, 2.24) is 0 Å². The Labute approximate surface area is 120 Å². The monoisotopic (exact) mass is 260 g/mol. The highest BCUT2D eigenvalue weighted by molar-refractivity contribution is 6.13. The Kier molecular flexibility index (Phi) is 3.31. The van der Waals surface area contributed by atoms with Crippen molar-refractivity contribution in [2.24, 2.45) is 0 Å². The molecule has 1 aliphatic carbocycles. The minimum absolute atomic E-state index is 1.05. The molecule has 4 rings (SSSR count). The van der Waals surface area contributed by atoms with Crippen LogP contribution in [0.25, 0.3) is 33.7 Å². The van der Waals surface area contributed by atoms with E-state index in [2.05, 4.69) is 61.5 Å². The topological polar surface area (TPSA) is 0 Å². The van der Waals surface area contributed by atoms with Gasteiger partial charge in [0.1, 0.15) is 0 Å². The Morgan fingerprint density at radius 1 is 0.800 bits per heavy atom. The Morgan fingerprint density at radius 2 is 1.50 bits per heavy atom. The third-order valence-corrected chi connectivity index (χ3v) is 3.89. The molecule has 0 heteroatoms. The van der Waals surface area contributed by atoms with Gasteiger partial charge in [-0.1, -0.05) is 74.0 Å². The Morgan fingerprint density at radius 3 is 2.25 bits per heavy atom. The van der Waals surface area contributed by atoms with E-state index < -0.39 is 0 Å². The third-order valence-electron chi connectivity index (χ3n) is 3.89. The summed E-state index contributed by atoms with van der Waals surface area (Å²) in [7, 11) is 0. The van der Waals surface area contributed by atoms with Crippen molar-refractivity contribution in [2.75, 3.05) is 0 Å². The maximum absolute atomic E-state index is 2.35. The highest BCUT2D eigenvalue weighted by atomic mass is 14.1. The molecular weight excluding hydrogens is 240 g/mol. The zero-order valence-corrected chi connectivity index (χ0v) is 12.4. The first-order chi connectivity index (χ1) is 9.83. The number of hydrogen-bond acceptors (Lipinski definition) is 0. The fraction of sp³-hybridized carbons (Fsp3) is 0.200. The Bertz CT molecular complexity index is 835. The van der Waals surface area contributed by atoms with E-state index in [0.717, 1.165) is 6.42 Å². The maximum Gasteiger partial charge on any atom is -0.00269 e. The van der Waals surface area contributed by atoms with Crippen LogP contribution in [0, 0.1) is 0 Å². The second-order valence-electron chi connectivity index (χ2n) is 5.16. The summed E-state index contributed by atoms with van der Waals surface area (Å²) < 4.78 is 0. The molecule has 0 N–H and O–H groups in total. The largest absolute Gasteiger partial charge is 0.0726 e. The zero-order chi connectivity index (χ0) is 14.1. The molecule has 100 valence electrons. The standard InChI is InChI=1S/C18H14.C2H6/c1-12-5-6-15-8-7-13-3-2-4-14-9-10-16(11-12)18(15)17(13)14;1-2/h2-4,6-11H,5H2,1H3;1-2H3. The van der Waals surface area contributed by atoms with Crippen LogP contribution in [-0.4, -0.2) is 0 Å². The van der Waals surface area contributed by atoms with Crippen LogP contribution in [0.4, 0.5) is 0 Å². The van der Waals surface area contributed by atoms with Gasteiger partial charge >= 0.3 is 0 Å². The molecule has 0 fully saturated rings. The molecule has 0 spiro atoms. The minimum Gasteiger partial charge on any atom is -0.0726 e. The quantitative estimate of drug-likeness (QED) is 0.513. The first-order valence-electron chi connectivity index (χ1n) is 7.44. The minimum atomic E-state index is 1.05. The van der Waals surface area contributed by atoms with E-state index in [9.17, 15) is 0 Å². The van der Waals surface area contributed by atoms with Crippen LogP contribution in [0.5, 0.6) is 0 Å². The van der Waals surface area contributed by atoms with Gasteiger partial charge in [0.15, 0.2) is 0 Å². The first-order valence-corrected chi connectivity index (χ1v) is 7.44. The summed E-state index contributed by atoms with van der Waals surface area (Å²) >= 11 is 0. The van der Waals surface area contributed by atoms with E-state index in [4.69, 9.17) is 0 Å². The van der Waals surface area contributed by atoms with Gasteiger partial charge in [-0.25, -0.2) is 0 Å². The summed E-state index contributed by atoms with van der Waals surface area (Å²) in [5, 5.41) is 6.89. The Balaban J connectivity index is 0.000000581. The van der Waals surface area contributed by atoms with Crippen molar-refractivity contribution in [1.29, 1.82) is 0 Å². The third kappa shape index (κ3) is 1.92. The van der Waals surface area contributed by atoms with Gasteiger partial charge < -0.3 is 0 Å². The number of rotatable bonds is 0. The molecule has 1 aliphatic rings. The van der Waals surface area contributed by atoms with Gasteiger partial charge in [0.05, 0.1) is 0 Å². The highest BCUT2D eigenvalue weighted by Crippen LogP contribution is 2.29. The molecule has 0 atom stereocenters. The lowest BCUT2D eigenvalue weighted by Gasteiger charge is -2.08. The average Bonchev–Trinajstić information content (AvgIpc) is 2.67. The van der Waals surface area contributed by atoms with Crippen molar-refractivity contribution in [3.05, 3.63) is 58.8 Å². The van der Waals surface area contributed by atoms with E-state index in [-0.39, 0.29) is 0 Å². The fourth-order valence-corrected chi connectivity index (χ4v) is 3.02. The number of benzene rings is 3. The molecular formula is C20H20. The van der Waals surface area contributed by atoms with Crippen molar-refractivity contribution < 1.29 is 0 Å². The van der Waals surface area contributed by atoms with Gasteiger partial charge in [-0.2, -0.15) is 0 Å². The molecule has 0 heterocycles. The van der Waals surface area contributed by atoms with Crippen LogP contribution < -0.4 is 5.22 Å². The van der Waals surface area contributed by atoms with Crippen LogP contribution in [-0.2, 0) is 0 Å². The molecule has 0 radical (unpaired) electrons. The summed E-state index contributed by atoms with van der Waals surface area (Å²) in [6, 6.07) is 15.5. The first kappa shape index (κ1) is 12.9. The molecule has 3 aromatic carbocycles. The van der Waals surface area contributed by atoms with E-state index in [1.165, 1.54) is 37.9 Å². The highest BCUT2D eigenvalue weighted by Gasteiger charge is 2.08. The van der Waals surface area contributed by atoms with Crippen LogP contribution in [0.3, 0.4) is 0 Å². The lowest BCUT2D eigenvalue weighted by atomic mass is 9.95. The molecule has 0 saturated carbocycles. The second-order valence-corrected chi connectivity index (χ2v) is 5.16. The van der Waals surface area contributed by atoms with Crippen molar-refractivity contribution >= 4 is 33.7 Å². The predicted molar refractivity (Wildman–Crippen MR) is 90.8 cm³/mol. The lowest BCUT2D eigenvalue weighted by Crippen LogP contribution is -2.02. The normalized spacial score (nSPS) is 13.2. The van der Waals surface area contributed by atoms with Crippen molar-refractivity contribution in [2.45, 2.75) is 27.2 Å². The van der Waals surface area contributed by atoms with Crippen molar-refractivity contribution in [3.8, 4) is 0 Å². The van der Waals surface area contributed by atoms with Crippen molar-refractivity contribution in [3.63, 3.8) is 0 Å². The maximum atomic E-state index is 2.35. The number of allylic oxidation sites excluding steroid dienone is 1. The molecule has 3 aromatic rings. The second kappa shape index (κ2) is 5.13. The van der Waals surface area contributed by atoms with Gasteiger partial charge in [0, 0.05) is 0 Å². The Hall–Kier alpha value is -2.08. The van der Waals surface area contributed by atoms with Crippen LogP contribution in [0.1, 0.15) is 32.8 Å². The molecule has 20 heavy (non-hydrogen) atoms. The van der Waals surface area contributed by atoms with E-state index in [1.54, 1.807) is 0 Å². The summed E-state index contributed by atoms with van der Waals surface area (Å²) in [6.45, 7) is 6.21. The van der Waals surface area contributed by atoms with Crippen LogP contribution in [0.15, 0.2) is 48.0 Å². The number of hydrogen-bond donors (Lipinski definition) is 0. The molecule has 0 saturated heterocycles. The van der Waals surface area contributed by atoms with Gasteiger partial charge in [0.2, 0.25) is 0 Å². The molecule has 0 nitrogen and oxygen atoms in total. The smallest absolute Gasteiger partial charge is 0.00269 e. The predicted octanol–water partition coefficient (Wildman–Crippen LogP) is 5.33. The van der Waals surface area contributed by atoms with E-state index >= 15 is 0 Å². The average molecular weight is 260 g/mol. The summed E-state index contributed by atoms with van der Waals surface area (Å²) in [5.74, 6) is 0. The molecule has 0 aromatic heterocycles. The zero-order valence-electron chi connectivity index (χ0n) is 12.4. The van der Waals surface area contributed by atoms with Gasteiger partial charge in [-0.3, -0.25) is 0 Å². The summed E-state index contributed by atoms with van der Waals surface area (Å²) in [5.41, 5.74) is 2.79. The van der Waals surface area contributed by atoms with Crippen LogP contribution >= 0.6 is 0 Å². The SMILES string of the molecule is CC.CC1=Cc2ccc3cccc4ccc(c2c34)=CC1. The fourth-order valence-electron chi connectivity index (χ4n) is 3.02. The molecule has 0 amide bonds. The molecule has 0 unspecified atom stereocenters. The molecule has 0 bridgehead atoms. The van der Waals surface area contributed by atoms with Gasteiger partial charge in [0.25, 0.3) is 0 Å². The van der Waals surface area contributed by atoms with Crippen LogP contribution in [0.2, 0.25) is 0 Å².